The normalized spacial score (nSPS) is 12.1. The molecule has 0 heterocycles. The quantitative estimate of drug-likeness (QED) is 0.118. The van der Waals surface area contributed by atoms with Crippen LogP contribution in [0.1, 0.15) is 31.9 Å². The molecule has 0 aromatic heterocycles. The molecular formula is C42H41OPSi. The first-order chi connectivity index (χ1) is 21.9. The molecule has 3 heteroatoms. The van der Waals surface area contributed by atoms with Crippen molar-refractivity contribution in [3.63, 3.8) is 0 Å². The van der Waals surface area contributed by atoms with E-state index < -0.39 is 15.2 Å². The molecule has 224 valence electrons. The van der Waals surface area contributed by atoms with Crippen molar-refractivity contribution in [2.45, 2.75) is 32.4 Å². The average Bonchev–Trinajstić information content (AvgIpc) is 3.10. The van der Waals surface area contributed by atoms with Crippen molar-refractivity contribution in [2.24, 2.45) is 0 Å². The summed E-state index contributed by atoms with van der Waals surface area (Å²) in [5.41, 5.74) is 2.40. The van der Waals surface area contributed by atoms with Crippen LogP contribution in [0.5, 0.6) is 0 Å². The molecule has 0 atom stereocenters. The summed E-state index contributed by atoms with van der Waals surface area (Å²) in [4.78, 5) is 0. The van der Waals surface area contributed by atoms with E-state index in [1.165, 1.54) is 37.4 Å². The fourth-order valence-corrected chi connectivity index (χ4v) is 15.0. The highest BCUT2D eigenvalue weighted by molar-refractivity contribution is 7.94. The van der Waals surface area contributed by atoms with Gasteiger partial charge in [0, 0.05) is 0 Å². The second kappa shape index (κ2) is 13.4. The summed E-state index contributed by atoms with van der Waals surface area (Å²) in [5, 5.41) is 6.59. The van der Waals surface area contributed by atoms with Crippen molar-refractivity contribution in [2.75, 3.05) is 0 Å². The van der Waals surface area contributed by atoms with Crippen LogP contribution >= 0.6 is 6.89 Å². The summed E-state index contributed by atoms with van der Waals surface area (Å²) in [6, 6.07) is 63.8. The van der Waals surface area contributed by atoms with E-state index in [4.69, 9.17) is 4.43 Å². The van der Waals surface area contributed by atoms with E-state index >= 15 is 0 Å². The summed E-state index contributed by atoms with van der Waals surface area (Å²) in [6.07, 6.45) is 0. The zero-order chi connectivity index (χ0) is 31.2. The van der Waals surface area contributed by atoms with Crippen LogP contribution in [0.2, 0.25) is 5.04 Å². The van der Waals surface area contributed by atoms with Crippen LogP contribution in [0.3, 0.4) is 0 Å². The van der Waals surface area contributed by atoms with Crippen LogP contribution in [0, 0.1) is 0 Å². The van der Waals surface area contributed by atoms with E-state index in [9.17, 15) is 0 Å². The second-order valence-corrected chi connectivity index (χ2v) is 20.1. The molecule has 0 unspecified atom stereocenters. The molecule has 0 spiro atoms. The summed E-state index contributed by atoms with van der Waals surface area (Å²) >= 11 is 0. The summed E-state index contributed by atoms with van der Waals surface area (Å²) < 4.78 is 7.24. The van der Waals surface area contributed by atoms with Gasteiger partial charge in [-0.1, -0.05) is 197 Å². The van der Waals surface area contributed by atoms with E-state index in [1.54, 1.807) is 0 Å². The molecule has 0 N–H and O–H groups in total. The lowest BCUT2D eigenvalue weighted by Crippen LogP contribution is -2.66. The van der Waals surface area contributed by atoms with Gasteiger partial charge in [0.25, 0.3) is 8.32 Å². The highest BCUT2D eigenvalue weighted by atomic mass is 31.2. The largest absolute Gasteiger partial charge is 0.403 e. The fraction of sp³-hybridized carbons (Fsp3) is 0.119. The van der Waals surface area contributed by atoms with E-state index in [0.29, 0.717) is 6.61 Å². The Labute approximate surface area is 270 Å². The third kappa shape index (κ3) is 6.20. The Balaban J connectivity index is 1.42. The van der Waals surface area contributed by atoms with Crippen molar-refractivity contribution < 1.29 is 4.43 Å². The Morgan fingerprint density at radius 3 is 1.20 bits per heavy atom. The van der Waals surface area contributed by atoms with Crippen LogP contribution in [0.15, 0.2) is 176 Å². The predicted molar refractivity (Wildman–Crippen MR) is 199 cm³/mol. The molecule has 6 aromatic rings. The van der Waals surface area contributed by atoms with Gasteiger partial charge in [-0.25, -0.2) is 0 Å². The van der Waals surface area contributed by atoms with Gasteiger partial charge in [0.1, 0.15) is 0 Å². The van der Waals surface area contributed by atoms with Crippen LogP contribution < -0.4 is 26.3 Å². The van der Waals surface area contributed by atoms with E-state index in [2.05, 4.69) is 202 Å². The minimum Gasteiger partial charge on any atom is -0.403 e. The van der Waals surface area contributed by atoms with Gasteiger partial charge in [0.05, 0.1) is 6.61 Å². The molecule has 1 nitrogen and oxygen atoms in total. The molecule has 0 saturated carbocycles. The van der Waals surface area contributed by atoms with Gasteiger partial charge < -0.3 is 4.43 Å². The lowest BCUT2D eigenvalue weighted by atomic mass is 10.2. The maximum Gasteiger partial charge on any atom is 0.261 e. The van der Waals surface area contributed by atoms with Crippen molar-refractivity contribution in [3.05, 3.63) is 187 Å². The molecule has 0 bridgehead atoms. The maximum atomic E-state index is 7.24. The Bertz CT molecular complexity index is 1700. The number of hydrogen-bond acceptors (Lipinski definition) is 1. The lowest BCUT2D eigenvalue weighted by Gasteiger charge is -2.43. The molecule has 0 aliphatic rings. The van der Waals surface area contributed by atoms with Gasteiger partial charge >= 0.3 is 0 Å². The fourth-order valence-electron chi connectivity index (χ4n) is 6.54. The first-order valence-electron chi connectivity index (χ1n) is 15.7. The summed E-state index contributed by atoms with van der Waals surface area (Å²) in [7, 11) is -2.62. The standard InChI is InChI=1S/C42H41OPSi/c1-42(2,3)45(40-25-15-7-16-26-40,41-27-17-8-18-28-41)43-33-35-29-31-36(32-30-35)34-44(37-19-9-4-10-20-37,38-21-11-5-12-22-38)39-23-13-6-14-24-39/h4-32,34H,33H2,1-3H3. The molecule has 45 heavy (non-hydrogen) atoms. The first-order valence-corrected chi connectivity index (χ1v) is 19.5. The Morgan fingerprint density at radius 2 is 0.844 bits per heavy atom. The van der Waals surface area contributed by atoms with Gasteiger partial charge in [-0.05, 0) is 55.1 Å². The predicted octanol–water partition coefficient (Wildman–Crippen LogP) is 7.91. The molecule has 0 aliphatic heterocycles. The topological polar surface area (TPSA) is 9.23 Å². The third-order valence-electron chi connectivity index (χ3n) is 8.68. The van der Waals surface area contributed by atoms with Gasteiger partial charge in [-0.15, -0.1) is 0 Å². The highest BCUT2D eigenvalue weighted by Gasteiger charge is 2.50. The highest BCUT2D eigenvalue weighted by Crippen LogP contribution is 2.44. The molecule has 0 radical (unpaired) electrons. The zero-order valence-corrected chi connectivity index (χ0v) is 28.3. The molecule has 0 amide bonds. The summed E-state index contributed by atoms with van der Waals surface area (Å²) in [5.74, 6) is 2.53. The number of benzene rings is 6. The molecule has 6 aromatic carbocycles. The maximum absolute atomic E-state index is 7.24. The molecule has 0 saturated heterocycles. The number of hydrogen-bond donors (Lipinski definition) is 0. The SMILES string of the molecule is CC(C)(C)[Si](OCc1ccc(C=P(c2ccccc2)(c2ccccc2)c2ccccc2)cc1)(c1ccccc1)c1ccccc1. The van der Waals surface area contributed by atoms with Gasteiger partial charge in [-0.2, -0.15) is 0 Å². The molecule has 0 fully saturated rings. The van der Waals surface area contributed by atoms with Gasteiger partial charge in [-0.3, -0.25) is 0 Å². The van der Waals surface area contributed by atoms with Gasteiger partial charge in [0.15, 0.2) is 0 Å². The number of rotatable bonds is 9. The molecule has 0 aliphatic carbocycles. The van der Waals surface area contributed by atoms with Gasteiger partial charge in [0.2, 0.25) is 0 Å². The Kier molecular flexibility index (Phi) is 9.19. The van der Waals surface area contributed by atoms with Crippen LogP contribution in [-0.2, 0) is 11.0 Å². The molecular weight excluding hydrogens is 580 g/mol. The monoisotopic (exact) mass is 620 g/mol. The minimum absolute atomic E-state index is 0.0610. The Hall–Kier alpha value is -4.20. The smallest absolute Gasteiger partial charge is 0.261 e. The van der Waals surface area contributed by atoms with Crippen molar-refractivity contribution >= 4 is 47.3 Å². The van der Waals surface area contributed by atoms with E-state index in [1.807, 2.05) is 0 Å². The van der Waals surface area contributed by atoms with Crippen molar-refractivity contribution in [3.8, 4) is 0 Å². The van der Waals surface area contributed by atoms with Crippen LogP contribution in [0.4, 0.5) is 0 Å². The average molecular weight is 621 g/mol. The van der Waals surface area contributed by atoms with Crippen molar-refractivity contribution in [1.29, 1.82) is 0 Å². The zero-order valence-electron chi connectivity index (χ0n) is 26.4. The minimum atomic E-state index is -2.62. The second-order valence-electron chi connectivity index (χ2n) is 12.6. The van der Waals surface area contributed by atoms with Crippen LogP contribution in [-0.4, -0.2) is 14.1 Å². The van der Waals surface area contributed by atoms with E-state index in [-0.39, 0.29) is 5.04 Å². The van der Waals surface area contributed by atoms with Crippen LogP contribution in [0.25, 0.3) is 0 Å². The van der Waals surface area contributed by atoms with E-state index in [0.717, 1.165) is 0 Å². The lowest BCUT2D eigenvalue weighted by molar-refractivity contribution is 0.286. The summed E-state index contributed by atoms with van der Waals surface area (Å²) in [6.45, 7) is 5.47. The molecule has 6 rings (SSSR count). The third-order valence-corrected chi connectivity index (χ3v) is 17.7. The van der Waals surface area contributed by atoms with Crippen molar-refractivity contribution in [1.82, 2.24) is 0 Å². The Morgan fingerprint density at radius 1 is 0.489 bits per heavy atom. The first kappa shape index (κ1) is 30.8.